The lowest BCUT2D eigenvalue weighted by atomic mass is 9.86. The number of aromatic nitrogens is 2. The number of hydrogen-bond donors (Lipinski definition) is 1. The second-order valence-electron chi connectivity index (χ2n) is 6.39. The van der Waals surface area contributed by atoms with Crippen LogP contribution in [-0.4, -0.2) is 29.8 Å². The van der Waals surface area contributed by atoms with E-state index in [0.29, 0.717) is 28.5 Å². The van der Waals surface area contributed by atoms with Crippen molar-refractivity contribution in [2.24, 2.45) is 11.7 Å². The Kier molecular flexibility index (Phi) is 5.31. The van der Waals surface area contributed by atoms with E-state index in [4.69, 9.17) is 26.8 Å². The normalized spacial score (nSPS) is 20.8. The number of hydrogen-bond acceptors (Lipinski definition) is 4. The molecular weight excluding hydrogens is 326 g/mol. The average Bonchev–Trinajstić information content (AvgIpc) is 3.02. The molecule has 1 aliphatic rings. The van der Waals surface area contributed by atoms with Gasteiger partial charge in [0.2, 0.25) is 0 Å². The van der Waals surface area contributed by atoms with Crippen LogP contribution in [0.5, 0.6) is 11.5 Å². The van der Waals surface area contributed by atoms with Gasteiger partial charge in [-0.15, -0.1) is 0 Å². The molecule has 1 fully saturated rings. The van der Waals surface area contributed by atoms with Gasteiger partial charge in [0.05, 0.1) is 19.2 Å². The molecule has 1 aromatic heterocycles. The van der Waals surface area contributed by atoms with Crippen LogP contribution in [-0.2, 0) is 6.54 Å². The highest BCUT2D eigenvalue weighted by Gasteiger charge is 2.21. The van der Waals surface area contributed by atoms with Crippen molar-refractivity contribution in [3.8, 4) is 22.9 Å². The van der Waals surface area contributed by atoms with Crippen molar-refractivity contribution in [1.29, 1.82) is 0 Å². The highest BCUT2D eigenvalue weighted by atomic mass is 35.5. The Bertz CT molecular complexity index is 702. The predicted molar refractivity (Wildman–Crippen MR) is 95.7 cm³/mol. The smallest absolute Gasteiger partial charge is 0.179 e. The number of ether oxygens (including phenoxy) is 2. The van der Waals surface area contributed by atoms with Crippen LogP contribution in [0.4, 0.5) is 0 Å². The van der Waals surface area contributed by atoms with Gasteiger partial charge < -0.3 is 19.8 Å². The van der Waals surface area contributed by atoms with Crippen molar-refractivity contribution >= 4 is 11.6 Å². The second-order valence-corrected chi connectivity index (χ2v) is 6.80. The summed E-state index contributed by atoms with van der Waals surface area (Å²) in [5.41, 5.74) is 7.04. The highest BCUT2D eigenvalue weighted by Crippen LogP contribution is 2.39. The Morgan fingerprint density at radius 2 is 2.12 bits per heavy atom. The first-order valence-electron chi connectivity index (χ1n) is 8.31. The van der Waals surface area contributed by atoms with E-state index >= 15 is 0 Å². The van der Waals surface area contributed by atoms with Gasteiger partial charge in [0, 0.05) is 30.5 Å². The van der Waals surface area contributed by atoms with Gasteiger partial charge in [0.15, 0.2) is 11.5 Å². The minimum absolute atomic E-state index is 0.325. The largest absolute Gasteiger partial charge is 0.493 e. The molecule has 0 saturated heterocycles. The standard InChI is InChI=1S/C18H24ClN3O2/c1-23-16-10-13(9-15(19)17(16)24-2)18-21-6-7-22(18)11-12-4-3-5-14(20)8-12/h6-7,9-10,12,14H,3-5,8,11,20H2,1-2H3/t12-,14+/m0/s1. The zero-order chi connectivity index (χ0) is 17.1. The first kappa shape index (κ1) is 17.1. The topological polar surface area (TPSA) is 62.3 Å². The first-order chi connectivity index (χ1) is 11.6. The monoisotopic (exact) mass is 349 g/mol. The molecule has 1 aliphatic carbocycles. The summed E-state index contributed by atoms with van der Waals surface area (Å²) in [5, 5.41) is 0.515. The Morgan fingerprint density at radius 3 is 2.83 bits per heavy atom. The summed E-state index contributed by atoms with van der Waals surface area (Å²) < 4.78 is 12.9. The van der Waals surface area contributed by atoms with E-state index in [1.807, 2.05) is 24.5 Å². The third kappa shape index (κ3) is 3.52. The molecule has 0 amide bonds. The van der Waals surface area contributed by atoms with Crippen molar-refractivity contribution in [3.05, 3.63) is 29.5 Å². The third-order valence-corrected chi connectivity index (χ3v) is 4.97. The minimum atomic E-state index is 0.325. The molecule has 0 unspecified atom stereocenters. The molecule has 130 valence electrons. The molecule has 3 rings (SSSR count). The molecule has 0 bridgehead atoms. The fourth-order valence-electron chi connectivity index (χ4n) is 3.54. The summed E-state index contributed by atoms with van der Waals surface area (Å²) >= 11 is 6.34. The molecule has 24 heavy (non-hydrogen) atoms. The van der Waals surface area contributed by atoms with E-state index in [-0.39, 0.29) is 0 Å². The fourth-order valence-corrected chi connectivity index (χ4v) is 3.83. The molecule has 2 atom stereocenters. The lowest BCUT2D eigenvalue weighted by Gasteiger charge is -2.27. The quantitative estimate of drug-likeness (QED) is 0.893. The summed E-state index contributed by atoms with van der Waals surface area (Å²) in [7, 11) is 3.19. The van der Waals surface area contributed by atoms with Gasteiger partial charge in [-0.05, 0) is 37.3 Å². The second kappa shape index (κ2) is 7.45. The molecule has 2 N–H and O–H groups in total. The van der Waals surface area contributed by atoms with Crippen LogP contribution >= 0.6 is 11.6 Å². The average molecular weight is 350 g/mol. The molecule has 1 aromatic carbocycles. The Morgan fingerprint density at radius 1 is 1.29 bits per heavy atom. The Labute approximate surface area is 147 Å². The van der Waals surface area contributed by atoms with Gasteiger partial charge in [-0.25, -0.2) is 4.98 Å². The van der Waals surface area contributed by atoms with Crippen molar-refractivity contribution in [2.75, 3.05) is 14.2 Å². The number of benzene rings is 1. The van der Waals surface area contributed by atoms with Crippen molar-refractivity contribution in [1.82, 2.24) is 9.55 Å². The summed E-state index contributed by atoms with van der Waals surface area (Å²) in [6, 6.07) is 4.11. The van der Waals surface area contributed by atoms with Gasteiger partial charge in [0.1, 0.15) is 5.82 Å². The molecule has 1 heterocycles. The summed E-state index contributed by atoms with van der Waals surface area (Å²) in [5.74, 6) is 2.63. The summed E-state index contributed by atoms with van der Waals surface area (Å²) in [4.78, 5) is 4.52. The fraction of sp³-hybridized carbons (Fsp3) is 0.500. The van der Waals surface area contributed by atoms with E-state index < -0.39 is 0 Å². The SMILES string of the molecule is COc1cc(-c2nccn2C[C@H]2CCC[C@@H](N)C2)cc(Cl)c1OC. The van der Waals surface area contributed by atoms with Crippen LogP contribution in [0, 0.1) is 5.92 Å². The van der Waals surface area contributed by atoms with Gasteiger partial charge in [0.25, 0.3) is 0 Å². The van der Waals surface area contributed by atoms with Gasteiger partial charge >= 0.3 is 0 Å². The van der Waals surface area contributed by atoms with E-state index in [9.17, 15) is 0 Å². The molecule has 1 saturated carbocycles. The lowest BCUT2D eigenvalue weighted by molar-refractivity contribution is 0.291. The van der Waals surface area contributed by atoms with Crippen LogP contribution in [0.2, 0.25) is 5.02 Å². The minimum Gasteiger partial charge on any atom is -0.493 e. The molecule has 6 heteroatoms. The Hall–Kier alpha value is -1.72. The lowest BCUT2D eigenvalue weighted by Crippen LogP contribution is -2.29. The third-order valence-electron chi connectivity index (χ3n) is 4.69. The van der Waals surface area contributed by atoms with Crippen LogP contribution in [0.25, 0.3) is 11.4 Å². The number of methoxy groups -OCH3 is 2. The Balaban J connectivity index is 1.88. The molecule has 0 spiro atoms. The maximum absolute atomic E-state index is 6.34. The summed E-state index contributed by atoms with van der Waals surface area (Å²) in [6.45, 7) is 0.926. The van der Waals surface area contributed by atoms with Gasteiger partial charge in [-0.2, -0.15) is 0 Å². The van der Waals surface area contributed by atoms with Gasteiger partial charge in [-0.3, -0.25) is 0 Å². The number of rotatable bonds is 5. The maximum Gasteiger partial charge on any atom is 0.179 e. The predicted octanol–water partition coefficient (Wildman–Crippen LogP) is 3.74. The van der Waals surface area contributed by atoms with Crippen molar-refractivity contribution in [3.63, 3.8) is 0 Å². The molecule has 0 radical (unpaired) electrons. The van der Waals surface area contributed by atoms with E-state index in [0.717, 1.165) is 30.8 Å². The highest BCUT2D eigenvalue weighted by molar-refractivity contribution is 6.32. The van der Waals surface area contributed by atoms with Crippen LogP contribution < -0.4 is 15.2 Å². The van der Waals surface area contributed by atoms with E-state index in [1.54, 1.807) is 14.2 Å². The van der Waals surface area contributed by atoms with Crippen LogP contribution in [0.1, 0.15) is 25.7 Å². The summed E-state index contributed by atoms with van der Waals surface area (Å²) in [6.07, 6.45) is 8.47. The van der Waals surface area contributed by atoms with Crippen LogP contribution in [0.15, 0.2) is 24.5 Å². The molecular formula is C18H24ClN3O2. The van der Waals surface area contributed by atoms with Crippen LogP contribution in [0.3, 0.4) is 0 Å². The molecule has 2 aromatic rings. The zero-order valence-electron chi connectivity index (χ0n) is 14.2. The number of halogens is 1. The maximum atomic E-state index is 6.34. The number of nitrogens with two attached hydrogens (primary N) is 1. The first-order valence-corrected chi connectivity index (χ1v) is 8.68. The molecule has 0 aliphatic heterocycles. The van der Waals surface area contributed by atoms with E-state index in [1.165, 1.54) is 12.8 Å². The zero-order valence-corrected chi connectivity index (χ0v) is 14.9. The van der Waals surface area contributed by atoms with Crippen molar-refractivity contribution < 1.29 is 9.47 Å². The molecule has 5 nitrogen and oxygen atoms in total. The number of nitrogens with zero attached hydrogens (tertiary/aromatic N) is 2. The van der Waals surface area contributed by atoms with Gasteiger partial charge in [-0.1, -0.05) is 18.0 Å². The van der Waals surface area contributed by atoms with Crippen molar-refractivity contribution in [2.45, 2.75) is 38.3 Å². The number of imidazole rings is 1. The van der Waals surface area contributed by atoms with E-state index in [2.05, 4.69) is 9.55 Å².